The molecule has 1 N–H and O–H groups in total. The topological polar surface area (TPSA) is 108 Å². The van der Waals surface area contributed by atoms with Crippen LogP contribution in [0, 0.1) is 0 Å². The van der Waals surface area contributed by atoms with Crippen LogP contribution >= 0.6 is 7.82 Å². The molecule has 0 amide bonds. The maximum Gasteiger partial charge on any atom is 0.472 e. The van der Waals surface area contributed by atoms with E-state index in [9.17, 15) is 19.0 Å². The minimum atomic E-state index is -4.39. The molecule has 0 rings (SSSR count). The molecule has 0 aliphatic heterocycles. The van der Waals surface area contributed by atoms with Gasteiger partial charge in [-0.05, 0) is 70.6 Å². The minimum absolute atomic E-state index is 0.0263. The molecule has 0 aliphatic carbocycles. The zero-order valence-corrected chi connectivity index (χ0v) is 53.1. The van der Waals surface area contributed by atoms with Crippen molar-refractivity contribution in [3.8, 4) is 0 Å². The summed E-state index contributed by atoms with van der Waals surface area (Å²) < 4.78 is 34.5. The number of phosphoric ester groups is 1. The Labute approximate surface area is 484 Å². The van der Waals surface area contributed by atoms with E-state index < -0.39 is 26.5 Å². The van der Waals surface area contributed by atoms with Gasteiger partial charge in [-0.15, -0.1) is 0 Å². The molecule has 0 saturated carbocycles. The van der Waals surface area contributed by atoms with Gasteiger partial charge in [0.1, 0.15) is 19.8 Å². The van der Waals surface area contributed by atoms with Crippen molar-refractivity contribution in [2.75, 3.05) is 47.5 Å². The molecule has 2 unspecified atom stereocenters. The summed E-state index contributed by atoms with van der Waals surface area (Å²) in [5, 5.41) is 0. The lowest BCUT2D eigenvalue weighted by Crippen LogP contribution is -2.37. The van der Waals surface area contributed by atoms with E-state index in [1.807, 2.05) is 21.1 Å². The zero-order valence-electron chi connectivity index (χ0n) is 52.2. The number of rotatable bonds is 62. The molecule has 0 saturated heterocycles. The number of hydrogen-bond acceptors (Lipinski definition) is 7. The fraction of sp³-hybridized carbons (Fsp3) is 0.853. The smallest absolute Gasteiger partial charge is 0.462 e. The number of phosphoric acid groups is 1. The van der Waals surface area contributed by atoms with E-state index in [-0.39, 0.29) is 32.0 Å². The first-order chi connectivity index (χ1) is 38.0. The Bertz CT molecular complexity index is 1460. The number of likely N-dealkylation sites (N-methyl/N-ethyl adjacent to an activating group) is 1. The number of allylic oxidation sites excluding steroid dienone is 8. The zero-order chi connectivity index (χ0) is 57.0. The first kappa shape index (κ1) is 76.0. The Hall–Kier alpha value is -2.03. The molecule has 0 aromatic heterocycles. The van der Waals surface area contributed by atoms with Crippen LogP contribution in [0.5, 0.6) is 0 Å². The van der Waals surface area contributed by atoms with E-state index in [4.69, 9.17) is 18.5 Å². The van der Waals surface area contributed by atoms with Crippen molar-refractivity contribution in [2.45, 2.75) is 328 Å². The highest BCUT2D eigenvalue weighted by atomic mass is 31.2. The molecule has 0 aromatic rings. The first-order valence-electron chi connectivity index (χ1n) is 33.4. The van der Waals surface area contributed by atoms with Crippen molar-refractivity contribution < 1.29 is 42.1 Å². The maximum absolute atomic E-state index is 12.7. The van der Waals surface area contributed by atoms with Gasteiger partial charge in [0.05, 0.1) is 27.7 Å². The highest BCUT2D eigenvalue weighted by Gasteiger charge is 2.27. The minimum Gasteiger partial charge on any atom is -0.462 e. The molecule has 0 spiro atoms. The summed E-state index contributed by atoms with van der Waals surface area (Å²) in [5.41, 5.74) is 0. The molecule has 9 nitrogen and oxygen atoms in total. The van der Waals surface area contributed by atoms with Gasteiger partial charge in [-0.1, -0.05) is 287 Å². The number of ether oxygens (including phenoxy) is 2. The molecule has 458 valence electrons. The monoisotopic (exact) mass is 1120 g/mol. The lowest BCUT2D eigenvalue weighted by Gasteiger charge is -2.24. The molecule has 0 aromatic carbocycles. The van der Waals surface area contributed by atoms with Crippen molar-refractivity contribution in [3.05, 3.63) is 48.6 Å². The number of carbonyl (C=O) groups is 2. The van der Waals surface area contributed by atoms with Crippen molar-refractivity contribution in [3.63, 3.8) is 0 Å². The molecule has 0 heterocycles. The third-order valence-electron chi connectivity index (χ3n) is 14.8. The van der Waals surface area contributed by atoms with E-state index in [0.717, 1.165) is 57.8 Å². The summed E-state index contributed by atoms with van der Waals surface area (Å²) in [4.78, 5) is 35.6. The summed E-state index contributed by atoms with van der Waals surface area (Å²) >= 11 is 0. The average Bonchev–Trinajstić information content (AvgIpc) is 3.40. The third-order valence-corrected chi connectivity index (χ3v) is 15.8. The SMILES string of the molecule is CC/C=C\C/C=C\C/C=C\CCCCCC(=O)OC(COC(=O)CCCCCCCCCCCCCCCCCCCCCCCCCCCCCCC/C=C\CCCCCCCCCC)COP(=O)(O)OCC[N+](C)(C)C. The Morgan fingerprint density at radius 2 is 0.731 bits per heavy atom. The first-order valence-corrected chi connectivity index (χ1v) is 34.9. The Morgan fingerprint density at radius 1 is 0.410 bits per heavy atom. The normalized spacial score (nSPS) is 13.5. The lowest BCUT2D eigenvalue weighted by molar-refractivity contribution is -0.870. The number of quaternary nitrogens is 1. The highest BCUT2D eigenvalue weighted by molar-refractivity contribution is 7.47. The molecule has 78 heavy (non-hydrogen) atoms. The van der Waals surface area contributed by atoms with E-state index in [1.54, 1.807) is 0 Å². The molecular weight excluding hydrogens is 990 g/mol. The van der Waals surface area contributed by atoms with Gasteiger partial charge in [0.15, 0.2) is 6.10 Å². The van der Waals surface area contributed by atoms with Crippen LogP contribution in [-0.4, -0.2) is 74.9 Å². The van der Waals surface area contributed by atoms with Crippen LogP contribution in [0.3, 0.4) is 0 Å². The second-order valence-corrected chi connectivity index (χ2v) is 25.3. The average molecular weight is 1120 g/mol. The van der Waals surface area contributed by atoms with Crippen molar-refractivity contribution in [2.24, 2.45) is 0 Å². The summed E-state index contributed by atoms with van der Waals surface area (Å²) in [5.74, 6) is -0.822. The standard InChI is InChI=1S/C68H128NO8P/c1-6-8-10-12-14-16-18-20-21-22-23-24-25-26-27-28-29-30-31-32-33-34-35-36-37-38-39-40-41-42-43-44-45-46-47-49-50-52-54-56-58-60-67(70)74-64-66(65-76-78(72,73)75-63-62-69(3,4)5)77-68(71)61-59-57-55-53-51-48-19-17-15-13-11-9-7-2/h9,11,15,17,22-23,48,51,66H,6-8,10,12-14,16,18-21,24-47,49-50,52-65H2,1-5H3/p+1/b11-9-,17-15-,23-22-,51-48-. The Balaban J connectivity index is 3.80. The summed E-state index contributed by atoms with van der Waals surface area (Å²) in [6.07, 6.45) is 76.9. The second-order valence-electron chi connectivity index (χ2n) is 23.8. The summed E-state index contributed by atoms with van der Waals surface area (Å²) in [6.45, 7) is 4.31. The molecule has 10 heteroatoms. The van der Waals surface area contributed by atoms with E-state index >= 15 is 0 Å². The summed E-state index contributed by atoms with van der Waals surface area (Å²) in [7, 11) is 1.46. The van der Waals surface area contributed by atoms with E-state index in [0.29, 0.717) is 17.4 Å². The molecule has 0 bridgehead atoms. The number of nitrogens with zero attached hydrogens (tertiary/aromatic N) is 1. The van der Waals surface area contributed by atoms with Crippen LogP contribution < -0.4 is 0 Å². The number of carbonyl (C=O) groups excluding carboxylic acids is 2. The van der Waals surface area contributed by atoms with Crippen LogP contribution in [0.1, 0.15) is 322 Å². The largest absolute Gasteiger partial charge is 0.472 e. The van der Waals surface area contributed by atoms with Gasteiger partial charge >= 0.3 is 19.8 Å². The molecule has 0 fully saturated rings. The highest BCUT2D eigenvalue weighted by Crippen LogP contribution is 2.43. The van der Waals surface area contributed by atoms with Crippen LogP contribution in [-0.2, 0) is 32.7 Å². The van der Waals surface area contributed by atoms with Gasteiger partial charge in [-0.25, -0.2) is 4.57 Å². The van der Waals surface area contributed by atoms with Gasteiger partial charge in [-0.2, -0.15) is 0 Å². The molecular formula is C68H129NO8P+. The van der Waals surface area contributed by atoms with Gasteiger partial charge in [0.2, 0.25) is 0 Å². The number of hydrogen-bond donors (Lipinski definition) is 1. The second kappa shape index (κ2) is 59.6. The van der Waals surface area contributed by atoms with Crippen LogP contribution in [0.15, 0.2) is 48.6 Å². The molecule has 0 aliphatic rings. The maximum atomic E-state index is 12.7. The van der Waals surface area contributed by atoms with Crippen molar-refractivity contribution in [1.82, 2.24) is 0 Å². The molecule has 0 radical (unpaired) electrons. The number of unbranched alkanes of at least 4 members (excludes halogenated alkanes) is 40. The summed E-state index contributed by atoms with van der Waals surface area (Å²) in [6, 6.07) is 0. The van der Waals surface area contributed by atoms with Crippen LogP contribution in [0.4, 0.5) is 0 Å². The van der Waals surface area contributed by atoms with Crippen molar-refractivity contribution in [1.29, 1.82) is 0 Å². The molecule has 2 atom stereocenters. The Kier molecular flexibility index (Phi) is 58.0. The fourth-order valence-corrected chi connectivity index (χ4v) is 10.5. The van der Waals surface area contributed by atoms with Gasteiger partial charge in [-0.3, -0.25) is 18.6 Å². The van der Waals surface area contributed by atoms with Gasteiger partial charge < -0.3 is 18.9 Å². The van der Waals surface area contributed by atoms with E-state index in [1.165, 1.54) is 231 Å². The van der Waals surface area contributed by atoms with E-state index in [2.05, 4.69) is 62.5 Å². The predicted molar refractivity (Wildman–Crippen MR) is 335 cm³/mol. The fourth-order valence-electron chi connectivity index (χ4n) is 9.73. The van der Waals surface area contributed by atoms with Crippen LogP contribution in [0.25, 0.3) is 0 Å². The number of esters is 2. The lowest BCUT2D eigenvalue weighted by atomic mass is 10.0. The Morgan fingerprint density at radius 3 is 1.12 bits per heavy atom. The van der Waals surface area contributed by atoms with Gasteiger partial charge in [0.25, 0.3) is 0 Å². The van der Waals surface area contributed by atoms with Gasteiger partial charge in [0, 0.05) is 12.8 Å². The third kappa shape index (κ3) is 63.2. The predicted octanol–water partition coefficient (Wildman–Crippen LogP) is 21.3. The van der Waals surface area contributed by atoms with Crippen LogP contribution in [0.2, 0.25) is 0 Å². The quantitative estimate of drug-likeness (QED) is 0.0211. The van der Waals surface area contributed by atoms with Crippen molar-refractivity contribution >= 4 is 19.8 Å².